The van der Waals surface area contributed by atoms with Gasteiger partial charge in [0.05, 0.1) is 11.9 Å². The summed E-state index contributed by atoms with van der Waals surface area (Å²) in [5.74, 6) is -1.02. The predicted octanol–water partition coefficient (Wildman–Crippen LogP) is 2.09. The maximum atomic E-state index is 11.2. The zero-order valence-electron chi connectivity index (χ0n) is 9.32. The molecule has 0 saturated carbocycles. The molecule has 0 unspecified atom stereocenters. The normalized spacial score (nSPS) is 10.7. The molecule has 1 N–H and O–H groups in total. The first kappa shape index (κ1) is 10.5. The molecule has 0 aliphatic carbocycles. The topological polar surface area (TPSA) is 67.5 Å². The molecular formula is C13H9N3O2. The molecular weight excluding hydrogens is 230 g/mol. The Balaban J connectivity index is 2.29. The van der Waals surface area contributed by atoms with Crippen molar-refractivity contribution in [3.8, 4) is 11.3 Å². The Hall–Kier alpha value is -2.69. The Labute approximate surface area is 102 Å². The smallest absolute Gasteiger partial charge is 0.354 e. The number of aromatic nitrogens is 3. The van der Waals surface area contributed by atoms with Gasteiger partial charge in [-0.2, -0.15) is 5.10 Å². The Morgan fingerprint density at radius 2 is 1.94 bits per heavy atom. The second-order valence-corrected chi connectivity index (χ2v) is 3.80. The van der Waals surface area contributed by atoms with E-state index in [0.717, 1.165) is 5.56 Å². The van der Waals surface area contributed by atoms with Crippen LogP contribution in [0.2, 0.25) is 0 Å². The number of nitrogens with zero attached hydrogens (tertiary/aromatic N) is 3. The zero-order chi connectivity index (χ0) is 12.5. The minimum atomic E-state index is -1.02. The maximum absolute atomic E-state index is 11.2. The Morgan fingerprint density at radius 1 is 1.17 bits per heavy atom. The van der Waals surface area contributed by atoms with Crippen molar-refractivity contribution >= 4 is 11.6 Å². The van der Waals surface area contributed by atoms with E-state index in [1.165, 1.54) is 16.8 Å². The molecule has 0 aliphatic rings. The summed E-state index contributed by atoms with van der Waals surface area (Å²) in [6, 6.07) is 12.7. The SMILES string of the molecule is O=C(O)c1cc(-c2ccccc2)nc2ccnn12. The Bertz CT molecular complexity index is 719. The molecule has 0 bridgehead atoms. The van der Waals surface area contributed by atoms with Gasteiger partial charge in [0.1, 0.15) is 0 Å². The number of hydrogen-bond acceptors (Lipinski definition) is 3. The van der Waals surface area contributed by atoms with Crippen LogP contribution in [0, 0.1) is 0 Å². The maximum Gasteiger partial charge on any atom is 0.354 e. The molecule has 5 nitrogen and oxygen atoms in total. The molecule has 0 spiro atoms. The average Bonchev–Trinajstić information content (AvgIpc) is 2.86. The van der Waals surface area contributed by atoms with Crippen LogP contribution in [-0.2, 0) is 0 Å². The number of carboxylic acids is 1. The van der Waals surface area contributed by atoms with Crippen LogP contribution in [0.25, 0.3) is 16.9 Å². The first-order valence-corrected chi connectivity index (χ1v) is 5.39. The standard InChI is InChI=1S/C13H9N3O2/c17-13(18)11-8-10(9-4-2-1-3-5-9)15-12-6-7-14-16(11)12/h1-8H,(H,17,18). The minimum absolute atomic E-state index is 0.101. The molecule has 0 amide bonds. The van der Waals surface area contributed by atoms with Crippen molar-refractivity contribution in [2.75, 3.05) is 0 Å². The third-order valence-electron chi connectivity index (χ3n) is 2.65. The number of carboxylic acid groups (broad SMARTS) is 1. The molecule has 3 aromatic rings. The van der Waals surface area contributed by atoms with Crippen molar-refractivity contribution in [1.29, 1.82) is 0 Å². The van der Waals surface area contributed by atoms with Crippen molar-refractivity contribution in [3.63, 3.8) is 0 Å². The lowest BCUT2D eigenvalue weighted by Gasteiger charge is -2.04. The summed E-state index contributed by atoms with van der Waals surface area (Å²) in [6.45, 7) is 0. The molecule has 0 radical (unpaired) electrons. The molecule has 0 fully saturated rings. The highest BCUT2D eigenvalue weighted by Crippen LogP contribution is 2.19. The van der Waals surface area contributed by atoms with Crippen molar-refractivity contribution in [1.82, 2.24) is 14.6 Å². The van der Waals surface area contributed by atoms with Crippen LogP contribution >= 0.6 is 0 Å². The summed E-state index contributed by atoms with van der Waals surface area (Å²) >= 11 is 0. The van der Waals surface area contributed by atoms with Gasteiger partial charge in [-0.25, -0.2) is 14.3 Å². The van der Waals surface area contributed by atoms with Gasteiger partial charge in [0.25, 0.3) is 0 Å². The van der Waals surface area contributed by atoms with Crippen LogP contribution in [0.15, 0.2) is 48.7 Å². The van der Waals surface area contributed by atoms with Crippen LogP contribution in [0.5, 0.6) is 0 Å². The van der Waals surface area contributed by atoms with Crippen LogP contribution in [0.4, 0.5) is 0 Å². The van der Waals surface area contributed by atoms with E-state index in [9.17, 15) is 9.90 Å². The highest BCUT2D eigenvalue weighted by molar-refractivity contribution is 5.88. The number of benzene rings is 1. The zero-order valence-corrected chi connectivity index (χ0v) is 9.32. The predicted molar refractivity (Wildman–Crippen MR) is 65.4 cm³/mol. The molecule has 18 heavy (non-hydrogen) atoms. The largest absolute Gasteiger partial charge is 0.477 e. The fraction of sp³-hybridized carbons (Fsp3) is 0. The summed E-state index contributed by atoms with van der Waals surface area (Å²) in [5, 5.41) is 13.1. The molecule has 88 valence electrons. The molecule has 3 rings (SSSR count). The molecule has 2 aromatic heterocycles. The molecule has 2 heterocycles. The Morgan fingerprint density at radius 3 is 2.67 bits per heavy atom. The quantitative estimate of drug-likeness (QED) is 0.743. The van der Waals surface area contributed by atoms with Crippen molar-refractivity contribution < 1.29 is 9.90 Å². The third kappa shape index (κ3) is 1.62. The molecule has 0 aliphatic heterocycles. The van der Waals surface area contributed by atoms with Gasteiger partial charge >= 0.3 is 5.97 Å². The first-order valence-electron chi connectivity index (χ1n) is 5.39. The highest BCUT2D eigenvalue weighted by atomic mass is 16.4. The van der Waals surface area contributed by atoms with E-state index in [1.807, 2.05) is 30.3 Å². The monoisotopic (exact) mass is 239 g/mol. The van der Waals surface area contributed by atoms with E-state index in [1.54, 1.807) is 6.07 Å². The van der Waals surface area contributed by atoms with E-state index in [4.69, 9.17) is 0 Å². The lowest BCUT2D eigenvalue weighted by Crippen LogP contribution is -2.08. The minimum Gasteiger partial charge on any atom is -0.477 e. The van der Waals surface area contributed by atoms with E-state index in [2.05, 4.69) is 10.1 Å². The van der Waals surface area contributed by atoms with Gasteiger partial charge in [0, 0.05) is 11.6 Å². The summed E-state index contributed by atoms with van der Waals surface area (Å²) in [7, 11) is 0. The summed E-state index contributed by atoms with van der Waals surface area (Å²) < 4.78 is 1.31. The van der Waals surface area contributed by atoms with Crippen molar-refractivity contribution in [3.05, 3.63) is 54.4 Å². The third-order valence-corrected chi connectivity index (χ3v) is 2.65. The highest BCUT2D eigenvalue weighted by Gasteiger charge is 2.13. The number of rotatable bonds is 2. The molecule has 5 heteroatoms. The lowest BCUT2D eigenvalue weighted by molar-refractivity contribution is 0.0687. The number of hydrogen-bond donors (Lipinski definition) is 1. The van der Waals surface area contributed by atoms with Crippen molar-refractivity contribution in [2.45, 2.75) is 0 Å². The lowest BCUT2D eigenvalue weighted by atomic mass is 10.1. The first-order chi connectivity index (χ1) is 8.75. The van der Waals surface area contributed by atoms with E-state index < -0.39 is 5.97 Å². The van der Waals surface area contributed by atoms with Crippen LogP contribution < -0.4 is 0 Å². The number of carbonyl (C=O) groups is 1. The van der Waals surface area contributed by atoms with Gasteiger partial charge in [-0.15, -0.1) is 0 Å². The number of fused-ring (bicyclic) bond motifs is 1. The van der Waals surface area contributed by atoms with E-state index in [-0.39, 0.29) is 5.69 Å². The van der Waals surface area contributed by atoms with Gasteiger partial charge in [-0.05, 0) is 6.07 Å². The van der Waals surface area contributed by atoms with Crippen LogP contribution in [-0.4, -0.2) is 25.7 Å². The molecule has 0 saturated heterocycles. The molecule has 0 atom stereocenters. The summed E-state index contributed by atoms with van der Waals surface area (Å²) in [6.07, 6.45) is 1.53. The Kier molecular flexibility index (Phi) is 2.30. The summed E-state index contributed by atoms with van der Waals surface area (Å²) in [5.41, 5.74) is 2.13. The van der Waals surface area contributed by atoms with E-state index >= 15 is 0 Å². The average molecular weight is 239 g/mol. The van der Waals surface area contributed by atoms with Gasteiger partial charge in [0.2, 0.25) is 0 Å². The van der Waals surface area contributed by atoms with Crippen LogP contribution in [0.3, 0.4) is 0 Å². The second-order valence-electron chi connectivity index (χ2n) is 3.80. The van der Waals surface area contributed by atoms with E-state index in [0.29, 0.717) is 11.3 Å². The number of aromatic carboxylic acids is 1. The second kappa shape index (κ2) is 3.96. The summed E-state index contributed by atoms with van der Waals surface area (Å²) in [4.78, 5) is 15.6. The van der Waals surface area contributed by atoms with Crippen LogP contribution in [0.1, 0.15) is 10.5 Å². The van der Waals surface area contributed by atoms with Gasteiger partial charge in [-0.3, -0.25) is 0 Å². The fourth-order valence-corrected chi connectivity index (χ4v) is 1.82. The fourth-order valence-electron chi connectivity index (χ4n) is 1.82. The van der Waals surface area contributed by atoms with Crippen molar-refractivity contribution in [2.24, 2.45) is 0 Å². The van der Waals surface area contributed by atoms with Gasteiger partial charge in [0.15, 0.2) is 11.3 Å². The van der Waals surface area contributed by atoms with Gasteiger partial charge in [-0.1, -0.05) is 30.3 Å². The molecule has 1 aromatic carbocycles. The van der Waals surface area contributed by atoms with Gasteiger partial charge < -0.3 is 5.11 Å².